The van der Waals surface area contributed by atoms with E-state index in [0.29, 0.717) is 23.7 Å². The molecule has 4 aromatic rings. The Balaban J connectivity index is 0.00000272. The van der Waals surface area contributed by atoms with Crippen LogP contribution >= 0.6 is 0 Å². The van der Waals surface area contributed by atoms with E-state index in [1.54, 1.807) is 11.6 Å². The van der Waals surface area contributed by atoms with Crippen molar-refractivity contribution in [3.8, 4) is 0 Å². The molecule has 2 heterocycles. The highest BCUT2D eigenvalue weighted by Crippen LogP contribution is 2.18. The number of hydrazone groups is 1. The van der Waals surface area contributed by atoms with Gasteiger partial charge >= 0.3 is 5.69 Å². The summed E-state index contributed by atoms with van der Waals surface area (Å²) in [4.78, 5) is 29.8. The summed E-state index contributed by atoms with van der Waals surface area (Å²) in [6.07, 6.45) is 0. The van der Waals surface area contributed by atoms with Crippen LogP contribution in [0.4, 0.5) is 5.95 Å². The van der Waals surface area contributed by atoms with Gasteiger partial charge in [0, 0.05) is 14.1 Å². The maximum atomic E-state index is 12.9. The first kappa shape index (κ1) is 21.7. The minimum atomic E-state index is -0.424. The molecule has 31 heavy (non-hydrogen) atoms. The van der Waals surface area contributed by atoms with Gasteiger partial charge in [0.05, 0.1) is 12.3 Å². The molecular weight excluding hydrogens is 396 g/mol. The van der Waals surface area contributed by atoms with Gasteiger partial charge < -0.3 is 5.48 Å². The number of imidazole rings is 1. The van der Waals surface area contributed by atoms with Gasteiger partial charge in [0.1, 0.15) is 0 Å². The van der Waals surface area contributed by atoms with Crippen LogP contribution in [0, 0.1) is 0 Å². The number of aromatic nitrogens is 4. The van der Waals surface area contributed by atoms with Crippen molar-refractivity contribution in [3.05, 3.63) is 92.6 Å². The van der Waals surface area contributed by atoms with Gasteiger partial charge in [0.2, 0.25) is 5.95 Å². The molecule has 4 rings (SSSR count). The van der Waals surface area contributed by atoms with Crippen LogP contribution in [0.5, 0.6) is 0 Å². The normalized spacial score (nSPS) is 11.4. The molecule has 0 atom stereocenters. The first-order valence-electron chi connectivity index (χ1n) is 9.53. The highest BCUT2D eigenvalue weighted by atomic mass is 16.2. The Labute approximate surface area is 178 Å². The summed E-state index contributed by atoms with van der Waals surface area (Å²) in [6, 6.07) is 19.5. The van der Waals surface area contributed by atoms with Crippen LogP contribution in [0.15, 0.2) is 75.4 Å². The molecule has 0 aliphatic carbocycles. The molecule has 0 bridgehead atoms. The molecule has 0 unspecified atom stereocenters. The van der Waals surface area contributed by atoms with E-state index in [9.17, 15) is 9.59 Å². The Morgan fingerprint density at radius 3 is 2.23 bits per heavy atom. The lowest BCUT2D eigenvalue weighted by atomic mass is 10.1. The average Bonchev–Trinajstić information content (AvgIpc) is 3.14. The zero-order valence-corrected chi connectivity index (χ0v) is 17.5. The van der Waals surface area contributed by atoms with Crippen LogP contribution in [0.2, 0.25) is 0 Å². The second-order valence-corrected chi connectivity index (χ2v) is 7.06. The van der Waals surface area contributed by atoms with Crippen molar-refractivity contribution >= 4 is 22.8 Å². The van der Waals surface area contributed by atoms with Crippen molar-refractivity contribution in [2.45, 2.75) is 13.5 Å². The Kier molecular flexibility index (Phi) is 6.17. The molecule has 0 aliphatic heterocycles. The molecule has 0 fully saturated rings. The highest BCUT2D eigenvalue weighted by Gasteiger charge is 2.19. The number of benzene rings is 2. The number of fused-ring (bicyclic) bond motifs is 1. The van der Waals surface area contributed by atoms with Crippen molar-refractivity contribution in [1.82, 2.24) is 18.7 Å². The van der Waals surface area contributed by atoms with Gasteiger partial charge in [-0.1, -0.05) is 60.7 Å². The predicted octanol–water partition coefficient (Wildman–Crippen LogP) is 1.49. The first-order chi connectivity index (χ1) is 14.5. The number of anilines is 1. The molecule has 0 radical (unpaired) electrons. The van der Waals surface area contributed by atoms with E-state index < -0.39 is 11.2 Å². The third kappa shape index (κ3) is 4.03. The van der Waals surface area contributed by atoms with E-state index in [2.05, 4.69) is 15.5 Å². The van der Waals surface area contributed by atoms with Gasteiger partial charge in [-0.15, -0.1) is 0 Å². The summed E-state index contributed by atoms with van der Waals surface area (Å²) in [5.41, 5.74) is 5.58. The minimum absolute atomic E-state index is 0. The number of aryl methyl sites for hydroxylation is 1. The monoisotopic (exact) mass is 420 g/mol. The smallest absolute Gasteiger partial charge is 0.332 e. The molecule has 0 saturated carbocycles. The fraction of sp³-hybridized carbons (Fsp3) is 0.182. The van der Waals surface area contributed by atoms with Gasteiger partial charge in [-0.3, -0.25) is 18.5 Å². The number of rotatable bonds is 5. The summed E-state index contributed by atoms with van der Waals surface area (Å²) < 4.78 is 4.22. The number of hydrogen-bond acceptors (Lipinski definition) is 5. The van der Waals surface area contributed by atoms with E-state index in [1.807, 2.05) is 67.6 Å². The summed E-state index contributed by atoms with van der Waals surface area (Å²) in [7, 11) is 3.07. The highest BCUT2D eigenvalue weighted by molar-refractivity contribution is 5.99. The summed E-state index contributed by atoms with van der Waals surface area (Å²) in [6.45, 7) is 2.30. The van der Waals surface area contributed by atoms with Gasteiger partial charge in [-0.2, -0.15) is 10.1 Å². The van der Waals surface area contributed by atoms with Gasteiger partial charge in [0.25, 0.3) is 5.56 Å². The van der Waals surface area contributed by atoms with E-state index in [1.165, 1.54) is 11.6 Å². The minimum Gasteiger partial charge on any atom is -0.412 e. The van der Waals surface area contributed by atoms with Gasteiger partial charge in [-0.25, -0.2) is 10.2 Å². The van der Waals surface area contributed by atoms with Crippen LogP contribution in [0.3, 0.4) is 0 Å². The largest absolute Gasteiger partial charge is 0.412 e. The third-order valence-corrected chi connectivity index (χ3v) is 5.05. The quantitative estimate of drug-likeness (QED) is 0.389. The van der Waals surface area contributed by atoms with Crippen molar-refractivity contribution < 1.29 is 5.48 Å². The molecule has 0 amide bonds. The Hall–Kier alpha value is -3.98. The van der Waals surface area contributed by atoms with Crippen LogP contribution < -0.4 is 16.7 Å². The topological polar surface area (TPSA) is 118 Å². The van der Waals surface area contributed by atoms with E-state index in [4.69, 9.17) is 0 Å². The molecule has 0 spiro atoms. The summed E-state index contributed by atoms with van der Waals surface area (Å²) in [5.74, 6) is 0.391. The molecule has 0 aliphatic rings. The Morgan fingerprint density at radius 2 is 1.58 bits per heavy atom. The van der Waals surface area contributed by atoms with Crippen molar-refractivity contribution in [1.29, 1.82) is 0 Å². The lowest BCUT2D eigenvalue weighted by Crippen LogP contribution is -2.37. The van der Waals surface area contributed by atoms with Crippen molar-refractivity contribution in [3.63, 3.8) is 0 Å². The molecule has 160 valence electrons. The molecule has 2 aromatic carbocycles. The number of hydrogen-bond donors (Lipinski definition) is 1. The molecule has 3 N–H and O–H groups in total. The SMILES string of the molecule is C/C(=N\Nc1nc2c(c(=O)n(C)c(=O)n2C)n1Cc1ccccc1)c1ccccc1.O. The number of nitrogens with zero attached hydrogens (tertiary/aromatic N) is 5. The van der Waals surface area contributed by atoms with Crippen LogP contribution in [-0.4, -0.2) is 29.9 Å². The second kappa shape index (κ2) is 8.80. The van der Waals surface area contributed by atoms with Crippen LogP contribution in [0.25, 0.3) is 11.2 Å². The van der Waals surface area contributed by atoms with Crippen LogP contribution in [0.1, 0.15) is 18.1 Å². The maximum Gasteiger partial charge on any atom is 0.332 e. The van der Waals surface area contributed by atoms with Crippen molar-refractivity contribution in [2.75, 3.05) is 5.43 Å². The van der Waals surface area contributed by atoms with E-state index in [0.717, 1.165) is 21.4 Å². The molecule has 9 nitrogen and oxygen atoms in total. The van der Waals surface area contributed by atoms with E-state index >= 15 is 0 Å². The third-order valence-electron chi connectivity index (χ3n) is 5.05. The molecule has 9 heteroatoms. The number of nitrogens with one attached hydrogen (secondary N) is 1. The Morgan fingerprint density at radius 1 is 0.968 bits per heavy atom. The van der Waals surface area contributed by atoms with Gasteiger partial charge in [0.15, 0.2) is 11.2 Å². The molecule has 2 aromatic heterocycles. The lowest BCUT2D eigenvalue weighted by Gasteiger charge is -2.10. The zero-order valence-electron chi connectivity index (χ0n) is 17.5. The van der Waals surface area contributed by atoms with Crippen LogP contribution in [-0.2, 0) is 20.6 Å². The van der Waals surface area contributed by atoms with Crippen molar-refractivity contribution in [2.24, 2.45) is 19.2 Å². The summed E-state index contributed by atoms with van der Waals surface area (Å²) >= 11 is 0. The lowest BCUT2D eigenvalue weighted by molar-refractivity contribution is 0.702. The van der Waals surface area contributed by atoms with Gasteiger partial charge in [-0.05, 0) is 18.1 Å². The molecule has 0 saturated heterocycles. The predicted molar refractivity (Wildman–Crippen MR) is 122 cm³/mol. The average molecular weight is 420 g/mol. The first-order valence-corrected chi connectivity index (χ1v) is 9.53. The van der Waals surface area contributed by atoms with E-state index in [-0.39, 0.29) is 5.48 Å². The maximum absolute atomic E-state index is 12.9. The second-order valence-electron chi connectivity index (χ2n) is 7.06. The summed E-state index contributed by atoms with van der Waals surface area (Å²) in [5, 5.41) is 4.45. The Bertz CT molecular complexity index is 1350. The molecular formula is C22H24N6O3. The standard InChI is InChI=1S/C22H22N6O2.H2O/c1-15(17-12-8-5-9-13-17)24-25-21-23-19-18(20(29)27(3)22(30)26(19)2)28(21)14-16-10-6-4-7-11-16;/h4-13H,14H2,1-3H3,(H,23,25);1H2/b24-15+;. The zero-order chi connectivity index (χ0) is 21.3. The fourth-order valence-electron chi connectivity index (χ4n) is 3.33. The fourth-order valence-corrected chi connectivity index (χ4v) is 3.33.